The van der Waals surface area contributed by atoms with Crippen LogP contribution >= 0.6 is 0 Å². The number of nitrogens with two attached hydrogens (primary N) is 1. The zero-order chi connectivity index (χ0) is 14.7. The molecule has 0 radical (unpaired) electrons. The predicted molar refractivity (Wildman–Crippen MR) is 74.1 cm³/mol. The molecule has 0 aliphatic rings. The molecule has 1 aromatic heterocycles. The Bertz CT molecular complexity index is 362. The first-order valence-corrected chi connectivity index (χ1v) is 6.64. The molecule has 1 aromatic rings. The van der Waals surface area contributed by atoms with Gasteiger partial charge in [0.1, 0.15) is 0 Å². The molecule has 110 valence electrons. The molecule has 0 amide bonds. The van der Waals surface area contributed by atoms with Gasteiger partial charge in [0.05, 0.1) is 13.4 Å². The zero-order valence-corrected chi connectivity index (χ0v) is 12.1. The lowest BCUT2D eigenvalue weighted by atomic mass is 10.3. The Labute approximate surface area is 114 Å². The third kappa shape index (κ3) is 6.24. The molecule has 6 heteroatoms. The van der Waals surface area contributed by atoms with E-state index in [9.17, 15) is 9.90 Å². The van der Waals surface area contributed by atoms with Crippen LogP contribution in [0.15, 0.2) is 6.33 Å². The van der Waals surface area contributed by atoms with E-state index in [0.29, 0.717) is 6.54 Å². The number of ether oxygens (including phenoxy) is 1. The van der Waals surface area contributed by atoms with Crippen LogP contribution in [-0.2, 0) is 11.3 Å². The van der Waals surface area contributed by atoms with Crippen molar-refractivity contribution >= 4 is 5.97 Å². The largest absolute Gasteiger partial charge is 0.493 e. The Morgan fingerprint density at radius 1 is 1.42 bits per heavy atom. The number of nitrogens with zero attached hydrogens (tertiary/aromatic N) is 2. The summed E-state index contributed by atoms with van der Waals surface area (Å²) in [7, 11) is 1.26. The van der Waals surface area contributed by atoms with Crippen LogP contribution in [0.3, 0.4) is 0 Å². The molecule has 0 bridgehead atoms. The molecule has 1 heterocycles. The fourth-order valence-corrected chi connectivity index (χ4v) is 1.31. The van der Waals surface area contributed by atoms with Crippen molar-refractivity contribution in [3.8, 4) is 5.88 Å². The maximum atomic E-state index is 11.1. The summed E-state index contributed by atoms with van der Waals surface area (Å²) in [6, 6.07) is 0. The number of methoxy groups -OCH3 is 1. The minimum atomic E-state index is -0.613. The van der Waals surface area contributed by atoms with E-state index in [1.807, 2.05) is 0 Å². The number of carbonyl (C=O) groups is 1. The second-order valence-electron chi connectivity index (χ2n) is 4.10. The molecule has 6 nitrogen and oxygen atoms in total. The summed E-state index contributed by atoms with van der Waals surface area (Å²) in [5, 5.41) is 9.56. The number of imidazole rings is 1. The standard InChI is InChI=1S/C9H14N2O3.C4H11N/c1-3-4-5-11-6-10-7(8(11)12)9(13)14-2;1-2-3-4-5/h6,12H,3-5H2,1-2H3;2-5H2,1H3. The molecule has 0 fully saturated rings. The van der Waals surface area contributed by atoms with E-state index < -0.39 is 5.97 Å². The Balaban J connectivity index is 0.000000555. The second kappa shape index (κ2) is 10.4. The van der Waals surface area contributed by atoms with Gasteiger partial charge in [-0.3, -0.25) is 0 Å². The number of esters is 1. The molecule has 0 spiro atoms. The molecule has 0 aromatic carbocycles. The number of carbonyl (C=O) groups excluding carboxylic acids is 1. The zero-order valence-electron chi connectivity index (χ0n) is 12.1. The van der Waals surface area contributed by atoms with Gasteiger partial charge in [0.15, 0.2) is 0 Å². The summed E-state index contributed by atoms with van der Waals surface area (Å²) in [4.78, 5) is 14.8. The average Bonchev–Trinajstić information content (AvgIpc) is 2.78. The fourth-order valence-electron chi connectivity index (χ4n) is 1.31. The van der Waals surface area contributed by atoms with Crippen molar-refractivity contribution in [2.45, 2.75) is 46.1 Å². The van der Waals surface area contributed by atoms with Gasteiger partial charge in [0.25, 0.3) is 0 Å². The molecule has 0 aliphatic carbocycles. The van der Waals surface area contributed by atoms with Crippen molar-refractivity contribution in [2.75, 3.05) is 13.7 Å². The van der Waals surface area contributed by atoms with E-state index in [-0.39, 0.29) is 11.6 Å². The number of hydrogen-bond donors (Lipinski definition) is 2. The first-order chi connectivity index (χ1) is 9.12. The van der Waals surface area contributed by atoms with Gasteiger partial charge < -0.3 is 20.1 Å². The third-order valence-corrected chi connectivity index (χ3v) is 2.50. The van der Waals surface area contributed by atoms with Gasteiger partial charge in [0, 0.05) is 6.54 Å². The first kappa shape index (κ1) is 17.4. The highest BCUT2D eigenvalue weighted by atomic mass is 16.5. The van der Waals surface area contributed by atoms with Crippen molar-refractivity contribution in [2.24, 2.45) is 5.73 Å². The molecule has 1 rings (SSSR count). The van der Waals surface area contributed by atoms with Gasteiger partial charge in [-0.1, -0.05) is 26.7 Å². The van der Waals surface area contributed by atoms with Gasteiger partial charge in [-0.05, 0) is 19.4 Å². The van der Waals surface area contributed by atoms with Crippen LogP contribution in [0.1, 0.15) is 50.0 Å². The van der Waals surface area contributed by atoms with Gasteiger partial charge in [-0.15, -0.1) is 0 Å². The quantitative estimate of drug-likeness (QED) is 0.771. The normalized spacial score (nSPS) is 9.68. The number of aryl methyl sites for hydroxylation is 1. The SMILES string of the molecule is CCCCN.CCCCn1cnc(C(=O)OC)c1O. The molecule has 19 heavy (non-hydrogen) atoms. The highest BCUT2D eigenvalue weighted by Crippen LogP contribution is 2.16. The minimum absolute atomic E-state index is 0.0244. The van der Waals surface area contributed by atoms with E-state index >= 15 is 0 Å². The lowest BCUT2D eigenvalue weighted by Gasteiger charge is -2.01. The number of aromatic hydroxyl groups is 1. The van der Waals surface area contributed by atoms with Crippen LogP contribution in [0.4, 0.5) is 0 Å². The van der Waals surface area contributed by atoms with Crippen LogP contribution in [0.2, 0.25) is 0 Å². The third-order valence-electron chi connectivity index (χ3n) is 2.50. The van der Waals surface area contributed by atoms with Gasteiger partial charge in [0.2, 0.25) is 11.6 Å². The molecule has 0 saturated heterocycles. The Kier molecular flexibility index (Phi) is 9.52. The maximum Gasteiger partial charge on any atom is 0.362 e. The molecular weight excluding hydrogens is 246 g/mol. The molecule has 0 aliphatic heterocycles. The molecule has 0 saturated carbocycles. The predicted octanol–water partition coefficient (Wildman–Crippen LogP) is 1.92. The summed E-state index contributed by atoms with van der Waals surface area (Å²) in [5.74, 6) is -0.733. The average molecular weight is 271 g/mol. The smallest absolute Gasteiger partial charge is 0.362 e. The van der Waals surface area contributed by atoms with Crippen molar-refractivity contribution < 1.29 is 14.6 Å². The number of aromatic nitrogens is 2. The highest BCUT2D eigenvalue weighted by Gasteiger charge is 2.17. The molecular formula is C13H25N3O3. The van der Waals surface area contributed by atoms with Crippen LogP contribution < -0.4 is 5.73 Å². The van der Waals surface area contributed by atoms with Gasteiger partial charge in [-0.25, -0.2) is 9.78 Å². The van der Waals surface area contributed by atoms with E-state index in [2.05, 4.69) is 23.6 Å². The Morgan fingerprint density at radius 3 is 2.47 bits per heavy atom. The van der Waals surface area contributed by atoms with Crippen LogP contribution in [0, 0.1) is 0 Å². The Hall–Kier alpha value is -1.56. The summed E-state index contributed by atoms with van der Waals surface area (Å²) in [5.41, 5.74) is 5.11. The summed E-state index contributed by atoms with van der Waals surface area (Å²) < 4.78 is 6.00. The number of hydrogen-bond acceptors (Lipinski definition) is 5. The van der Waals surface area contributed by atoms with E-state index in [1.54, 1.807) is 0 Å². The van der Waals surface area contributed by atoms with E-state index in [4.69, 9.17) is 5.73 Å². The fraction of sp³-hybridized carbons (Fsp3) is 0.692. The summed E-state index contributed by atoms with van der Waals surface area (Å²) >= 11 is 0. The second-order valence-corrected chi connectivity index (χ2v) is 4.10. The van der Waals surface area contributed by atoms with Crippen molar-refractivity contribution in [3.63, 3.8) is 0 Å². The monoisotopic (exact) mass is 271 g/mol. The first-order valence-electron chi connectivity index (χ1n) is 6.64. The van der Waals surface area contributed by atoms with Gasteiger partial charge >= 0.3 is 5.97 Å². The lowest BCUT2D eigenvalue weighted by molar-refractivity contribution is 0.0590. The van der Waals surface area contributed by atoms with Crippen LogP contribution in [-0.4, -0.2) is 34.3 Å². The number of rotatable bonds is 6. The molecule has 0 unspecified atom stereocenters. The molecule has 0 atom stereocenters. The van der Waals surface area contributed by atoms with E-state index in [0.717, 1.165) is 19.4 Å². The van der Waals surface area contributed by atoms with Gasteiger partial charge in [-0.2, -0.15) is 0 Å². The van der Waals surface area contributed by atoms with Crippen molar-refractivity contribution in [1.82, 2.24) is 9.55 Å². The Morgan fingerprint density at radius 2 is 2.05 bits per heavy atom. The summed E-state index contributed by atoms with van der Waals surface area (Å²) in [6.07, 6.45) is 5.78. The topological polar surface area (TPSA) is 90.4 Å². The van der Waals surface area contributed by atoms with Crippen molar-refractivity contribution in [3.05, 3.63) is 12.0 Å². The maximum absolute atomic E-state index is 11.1. The van der Waals surface area contributed by atoms with Crippen LogP contribution in [0.25, 0.3) is 0 Å². The highest BCUT2D eigenvalue weighted by molar-refractivity contribution is 5.89. The summed E-state index contributed by atoms with van der Waals surface area (Å²) in [6.45, 7) is 5.69. The lowest BCUT2D eigenvalue weighted by Crippen LogP contribution is -2.02. The van der Waals surface area contributed by atoms with Crippen molar-refractivity contribution in [1.29, 1.82) is 0 Å². The number of unbranched alkanes of at least 4 members (excludes halogenated alkanes) is 2. The minimum Gasteiger partial charge on any atom is -0.493 e. The van der Waals surface area contributed by atoms with E-state index in [1.165, 1.54) is 30.8 Å². The van der Waals surface area contributed by atoms with Crippen LogP contribution in [0.5, 0.6) is 5.88 Å². The molecule has 3 N–H and O–H groups in total.